The molecule has 31 heavy (non-hydrogen) atoms. The Hall–Kier alpha value is -0.660. The van der Waals surface area contributed by atoms with Crippen molar-refractivity contribution in [3.05, 3.63) is 71.3 Å². The molecule has 1 N–H and O–H groups in total. The Morgan fingerprint density at radius 3 is 1.94 bits per heavy atom. The normalized spacial score (nSPS) is 13.2. The Kier molecular flexibility index (Phi) is 14.9. The van der Waals surface area contributed by atoms with Crippen molar-refractivity contribution in [1.29, 1.82) is 0 Å². The second-order valence-electron chi connectivity index (χ2n) is 7.45. The number of unbranched alkanes of at least 4 members (excludes halogenated alkanes) is 2. The Morgan fingerprint density at radius 2 is 1.42 bits per heavy atom. The monoisotopic (exact) mass is 442 g/mol. The van der Waals surface area contributed by atoms with Crippen molar-refractivity contribution in [3.63, 3.8) is 0 Å². The average Bonchev–Trinajstić information content (AvgIpc) is 2.73. The number of aliphatic hydroxyl groups is 1. The van der Waals surface area contributed by atoms with Gasteiger partial charge in [-0.2, -0.15) is 0 Å². The first-order chi connectivity index (χ1) is 13.9. The van der Waals surface area contributed by atoms with E-state index in [2.05, 4.69) is 6.92 Å². The smallest absolute Gasteiger partial charge is 0.550 e. The van der Waals surface area contributed by atoms with Gasteiger partial charge in [0.05, 0.1) is 5.97 Å². The Labute approximate surface area is 228 Å². The second-order valence-corrected chi connectivity index (χ2v) is 7.45. The zero-order valence-corrected chi connectivity index (χ0v) is 22.8. The molecule has 0 heterocycles. The molecule has 0 aliphatic heterocycles. The first-order valence-electron chi connectivity index (χ1n) is 10.2. The molecule has 0 radical (unpaired) electrons. The maximum atomic E-state index is 12.0. The van der Waals surface area contributed by atoms with Gasteiger partial charge < -0.3 is 24.9 Å². The molecule has 0 amide bonds. The molecule has 7 heteroatoms. The van der Waals surface area contributed by atoms with Crippen LogP contribution in [0.2, 0.25) is 0 Å². The van der Waals surface area contributed by atoms with Crippen molar-refractivity contribution in [2.45, 2.75) is 57.5 Å². The van der Waals surface area contributed by atoms with Gasteiger partial charge in [-0.15, -0.1) is 0 Å². The summed E-state index contributed by atoms with van der Waals surface area (Å²) >= 11 is 0. The molecule has 0 spiro atoms. The fourth-order valence-electron chi connectivity index (χ4n) is 3.86. The molecule has 0 aliphatic rings. The molecular weight excluding hydrogens is 414 g/mol. The summed E-state index contributed by atoms with van der Waals surface area (Å²) in [5, 5.41) is 33.8. The van der Waals surface area contributed by atoms with E-state index in [4.69, 9.17) is 0 Å². The Morgan fingerprint density at radius 1 is 0.871 bits per heavy atom. The molecular formula is C24H28Na2O5. The molecule has 0 fully saturated rings. The van der Waals surface area contributed by atoms with Crippen LogP contribution in [0.5, 0.6) is 0 Å². The van der Waals surface area contributed by atoms with Crippen LogP contribution in [0.4, 0.5) is 0 Å². The van der Waals surface area contributed by atoms with E-state index in [1.807, 2.05) is 30.3 Å². The largest absolute Gasteiger partial charge is 1.00 e. The number of carbonyl (C=O) groups excluding carboxylic acids is 2. The maximum absolute atomic E-state index is 12.0. The molecule has 0 saturated carbocycles. The number of carbonyl (C=O) groups is 2. The third-order valence-electron chi connectivity index (χ3n) is 5.46. The van der Waals surface area contributed by atoms with Crippen LogP contribution in [0.3, 0.4) is 0 Å². The summed E-state index contributed by atoms with van der Waals surface area (Å²) in [5.74, 6) is -2.46. The van der Waals surface area contributed by atoms with Crippen LogP contribution in [0.1, 0.15) is 73.4 Å². The molecule has 2 atom stereocenters. The van der Waals surface area contributed by atoms with Crippen molar-refractivity contribution in [2.75, 3.05) is 0 Å². The van der Waals surface area contributed by atoms with Crippen molar-refractivity contribution in [3.8, 4) is 0 Å². The van der Waals surface area contributed by atoms with Crippen LogP contribution in [0, 0.1) is 5.92 Å². The zero-order valence-electron chi connectivity index (χ0n) is 18.8. The standard InChI is InChI=1S/C24H30O5.2Na/c1-2-3-9-19(12-7-8-13-22(25)26)24(29,20-10-5-4-6-11-20)21-16-14-18(15-17-21)23(27)28;;/h4-6,10-11,14-17,19,29H,2-3,7-9,12-13H2,1H3,(H,25,26)(H,27,28);;/q;2*+1/p-2. The molecule has 0 aromatic heterocycles. The van der Waals surface area contributed by atoms with Gasteiger partial charge in [-0.1, -0.05) is 80.8 Å². The summed E-state index contributed by atoms with van der Waals surface area (Å²) in [4.78, 5) is 21.8. The predicted molar refractivity (Wildman–Crippen MR) is 107 cm³/mol. The molecule has 2 aromatic rings. The van der Waals surface area contributed by atoms with E-state index in [-0.39, 0.29) is 77.0 Å². The number of aromatic carboxylic acids is 1. The minimum absolute atomic E-state index is 0. The fraction of sp³-hybridized carbons (Fsp3) is 0.417. The number of hydrogen-bond donors (Lipinski definition) is 1. The predicted octanol–water partition coefficient (Wildman–Crippen LogP) is -3.59. The molecule has 2 rings (SSSR count). The number of aliphatic carboxylic acids is 1. The van der Waals surface area contributed by atoms with Crippen LogP contribution in [-0.2, 0) is 10.4 Å². The minimum Gasteiger partial charge on any atom is -0.550 e. The van der Waals surface area contributed by atoms with Crippen molar-refractivity contribution in [1.82, 2.24) is 0 Å². The first kappa shape index (κ1) is 30.3. The molecule has 0 aliphatic carbocycles. The summed E-state index contributed by atoms with van der Waals surface area (Å²) in [5.41, 5.74) is 0.114. The summed E-state index contributed by atoms with van der Waals surface area (Å²) in [6, 6.07) is 15.5. The van der Waals surface area contributed by atoms with E-state index in [0.717, 1.165) is 24.8 Å². The topological polar surface area (TPSA) is 100 Å². The van der Waals surface area contributed by atoms with Crippen LogP contribution < -0.4 is 69.3 Å². The summed E-state index contributed by atoms with van der Waals surface area (Å²) in [6.07, 6.45) is 4.50. The van der Waals surface area contributed by atoms with Crippen molar-refractivity contribution in [2.24, 2.45) is 5.92 Å². The third-order valence-corrected chi connectivity index (χ3v) is 5.46. The van der Waals surface area contributed by atoms with E-state index < -0.39 is 17.5 Å². The maximum Gasteiger partial charge on any atom is 1.00 e. The third kappa shape index (κ3) is 8.65. The van der Waals surface area contributed by atoms with Gasteiger partial charge in [-0.3, -0.25) is 0 Å². The minimum atomic E-state index is -1.30. The number of carboxylic acid groups (broad SMARTS) is 2. The van der Waals surface area contributed by atoms with Crippen molar-refractivity contribution < 1.29 is 84.0 Å². The van der Waals surface area contributed by atoms with Gasteiger partial charge in [0, 0.05) is 5.97 Å². The fourth-order valence-corrected chi connectivity index (χ4v) is 3.86. The zero-order chi connectivity index (χ0) is 21.3. The summed E-state index contributed by atoms with van der Waals surface area (Å²) in [6.45, 7) is 2.09. The molecule has 2 aromatic carbocycles. The number of rotatable bonds is 12. The van der Waals surface area contributed by atoms with E-state index >= 15 is 0 Å². The number of hydrogen-bond acceptors (Lipinski definition) is 5. The van der Waals surface area contributed by atoms with Gasteiger partial charge >= 0.3 is 59.1 Å². The molecule has 5 nitrogen and oxygen atoms in total. The molecule has 156 valence electrons. The van der Waals surface area contributed by atoms with Crippen LogP contribution in [0.25, 0.3) is 0 Å². The van der Waals surface area contributed by atoms with E-state index in [1.54, 1.807) is 12.1 Å². The Bertz CT molecular complexity index is 795. The van der Waals surface area contributed by atoms with Gasteiger partial charge in [0.15, 0.2) is 0 Å². The summed E-state index contributed by atoms with van der Waals surface area (Å²) in [7, 11) is 0. The van der Waals surface area contributed by atoms with Gasteiger partial charge in [0.25, 0.3) is 0 Å². The number of carboxylic acids is 2. The Balaban J connectivity index is 0.00000450. The first-order valence-corrected chi connectivity index (χ1v) is 10.2. The van der Waals surface area contributed by atoms with Crippen molar-refractivity contribution >= 4 is 11.9 Å². The second kappa shape index (κ2) is 15.2. The van der Waals surface area contributed by atoms with E-state index in [1.165, 1.54) is 12.1 Å². The van der Waals surface area contributed by atoms with E-state index in [9.17, 15) is 24.9 Å². The average molecular weight is 442 g/mol. The van der Waals surface area contributed by atoms with Gasteiger partial charge in [-0.25, -0.2) is 0 Å². The SMILES string of the molecule is CCCCC(CCCCC(=O)[O-])C(O)(c1ccccc1)c1ccc(C(=O)[O-])cc1.[Na+].[Na+]. The van der Waals surface area contributed by atoms with Gasteiger partial charge in [-0.05, 0) is 48.3 Å². The van der Waals surface area contributed by atoms with Crippen LogP contribution >= 0.6 is 0 Å². The van der Waals surface area contributed by atoms with Crippen LogP contribution in [0.15, 0.2) is 54.6 Å². The van der Waals surface area contributed by atoms with Gasteiger partial charge in [0.2, 0.25) is 0 Å². The summed E-state index contributed by atoms with van der Waals surface area (Å²) < 4.78 is 0. The molecule has 0 saturated heterocycles. The quantitative estimate of drug-likeness (QED) is 0.271. The number of benzene rings is 2. The molecule has 2 unspecified atom stereocenters. The molecule has 0 bridgehead atoms. The van der Waals surface area contributed by atoms with Crippen LogP contribution in [-0.4, -0.2) is 17.0 Å². The van der Waals surface area contributed by atoms with E-state index in [0.29, 0.717) is 24.8 Å². The van der Waals surface area contributed by atoms with Gasteiger partial charge in [0.1, 0.15) is 5.60 Å².